The van der Waals surface area contributed by atoms with Crippen molar-refractivity contribution in [2.45, 2.75) is 25.4 Å². The van der Waals surface area contributed by atoms with Gasteiger partial charge in [0.15, 0.2) is 0 Å². The number of nitriles is 1. The summed E-state index contributed by atoms with van der Waals surface area (Å²) >= 11 is 0. The normalized spacial score (nSPS) is 23.5. The van der Waals surface area contributed by atoms with Crippen molar-refractivity contribution in [2.75, 3.05) is 27.3 Å². The highest BCUT2D eigenvalue weighted by molar-refractivity contribution is 5.77. The van der Waals surface area contributed by atoms with E-state index >= 15 is 0 Å². The number of carbonyl (C=O) groups excluding carboxylic acids is 1. The second-order valence-electron chi connectivity index (χ2n) is 4.77. The SMILES string of the molecule is CC(CC#N)N(C)C(=O)N(C)C1COCC1C(=O)O. The van der Waals surface area contributed by atoms with Crippen LogP contribution in [0.15, 0.2) is 0 Å². The third-order valence-corrected chi connectivity index (χ3v) is 3.52. The molecule has 0 aromatic heterocycles. The molecule has 1 rings (SSSR count). The van der Waals surface area contributed by atoms with E-state index in [1.807, 2.05) is 6.07 Å². The molecule has 3 unspecified atom stereocenters. The Bertz CT molecular complexity index is 393. The summed E-state index contributed by atoms with van der Waals surface area (Å²) in [6.07, 6.45) is 0.236. The molecule has 0 saturated carbocycles. The molecule has 1 heterocycles. The first-order valence-corrected chi connectivity index (χ1v) is 6.07. The topological polar surface area (TPSA) is 93.9 Å². The number of ether oxygens (including phenoxy) is 1. The number of carboxylic acids is 1. The maximum absolute atomic E-state index is 12.2. The van der Waals surface area contributed by atoms with E-state index < -0.39 is 17.9 Å². The zero-order valence-corrected chi connectivity index (χ0v) is 11.4. The van der Waals surface area contributed by atoms with E-state index in [9.17, 15) is 9.59 Å². The average Bonchev–Trinajstić information content (AvgIpc) is 2.85. The molecule has 1 N–H and O–H groups in total. The highest BCUT2D eigenvalue weighted by Crippen LogP contribution is 2.20. The molecule has 1 aliphatic rings. The van der Waals surface area contributed by atoms with E-state index in [0.29, 0.717) is 0 Å². The molecule has 2 amide bonds. The monoisotopic (exact) mass is 269 g/mol. The van der Waals surface area contributed by atoms with Crippen molar-refractivity contribution in [2.24, 2.45) is 5.92 Å². The maximum atomic E-state index is 12.2. The van der Waals surface area contributed by atoms with E-state index in [1.54, 1.807) is 21.0 Å². The molecule has 7 heteroatoms. The Kier molecular flexibility index (Phi) is 5.12. The Morgan fingerprint density at radius 2 is 2.11 bits per heavy atom. The highest BCUT2D eigenvalue weighted by atomic mass is 16.5. The molecule has 1 aliphatic heterocycles. The van der Waals surface area contributed by atoms with Crippen molar-refractivity contribution < 1.29 is 19.4 Å². The van der Waals surface area contributed by atoms with E-state index in [4.69, 9.17) is 15.1 Å². The number of urea groups is 1. The van der Waals surface area contributed by atoms with Crippen LogP contribution in [0.25, 0.3) is 0 Å². The fraction of sp³-hybridized carbons (Fsp3) is 0.750. The van der Waals surface area contributed by atoms with Crippen molar-refractivity contribution in [3.63, 3.8) is 0 Å². The van der Waals surface area contributed by atoms with Crippen LogP contribution in [-0.2, 0) is 9.53 Å². The van der Waals surface area contributed by atoms with Crippen molar-refractivity contribution >= 4 is 12.0 Å². The third kappa shape index (κ3) is 3.35. The number of hydrogen-bond donors (Lipinski definition) is 1. The molecule has 0 spiro atoms. The summed E-state index contributed by atoms with van der Waals surface area (Å²) in [5, 5.41) is 17.7. The molecule has 106 valence electrons. The Hall–Kier alpha value is -1.81. The number of rotatable bonds is 4. The van der Waals surface area contributed by atoms with Crippen LogP contribution >= 0.6 is 0 Å². The van der Waals surface area contributed by atoms with E-state index in [1.165, 1.54) is 9.80 Å². The molecule has 0 aromatic carbocycles. The molecule has 0 bridgehead atoms. The lowest BCUT2D eigenvalue weighted by atomic mass is 10.0. The summed E-state index contributed by atoms with van der Waals surface area (Å²) in [6.45, 7) is 2.11. The first-order valence-electron chi connectivity index (χ1n) is 6.07. The average molecular weight is 269 g/mol. The number of amides is 2. The smallest absolute Gasteiger partial charge is 0.320 e. The van der Waals surface area contributed by atoms with Crippen LogP contribution in [-0.4, -0.2) is 66.3 Å². The zero-order chi connectivity index (χ0) is 14.6. The number of nitrogens with zero attached hydrogens (tertiary/aromatic N) is 3. The van der Waals surface area contributed by atoms with Crippen LogP contribution in [0.1, 0.15) is 13.3 Å². The predicted molar refractivity (Wildman–Crippen MR) is 66.3 cm³/mol. The second-order valence-corrected chi connectivity index (χ2v) is 4.77. The van der Waals surface area contributed by atoms with Crippen LogP contribution in [0.3, 0.4) is 0 Å². The maximum Gasteiger partial charge on any atom is 0.320 e. The van der Waals surface area contributed by atoms with Crippen LogP contribution in [0.4, 0.5) is 4.79 Å². The van der Waals surface area contributed by atoms with Crippen LogP contribution in [0.2, 0.25) is 0 Å². The van der Waals surface area contributed by atoms with E-state index in [0.717, 1.165) is 0 Å². The summed E-state index contributed by atoms with van der Waals surface area (Å²) < 4.78 is 5.14. The lowest BCUT2D eigenvalue weighted by Gasteiger charge is -2.33. The largest absolute Gasteiger partial charge is 0.481 e. The first kappa shape index (κ1) is 15.2. The van der Waals surface area contributed by atoms with Crippen LogP contribution in [0, 0.1) is 17.2 Å². The van der Waals surface area contributed by atoms with Gasteiger partial charge >= 0.3 is 12.0 Å². The van der Waals surface area contributed by atoms with E-state index in [-0.39, 0.29) is 31.7 Å². The first-order chi connectivity index (χ1) is 8.90. The summed E-state index contributed by atoms with van der Waals surface area (Å²) in [5.41, 5.74) is 0. The molecular formula is C12H19N3O4. The molecule has 1 saturated heterocycles. The van der Waals surface area contributed by atoms with Crippen molar-refractivity contribution in [1.82, 2.24) is 9.80 Å². The van der Waals surface area contributed by atoms with Gasteiger partial charge in [-0.05, 0) is 6.92 Å². The standard InChI is InChI=1S/C12H19N3O4/c1-8(4-5-13)14(2)12(18)15(3)10-7-19-6-9(10)11(16)17/h8-10H,4,6-7H2,1-3H3,(H,16,17). The van der Waals surface area contributed by atoms with Gasteiger partial charge in [-0.25, -0.2) is 4.79 Å². The fourth-order valence-electron chi connectivity index (χ4n) is 2.01. The van der Waals surface area contributed by atoms with Crippen molar-refractivity contribution in [3.05, 3.63) is 0 Å². The quantitative estimate of drug-likeness (QED) is 0.795. The van der Waals surface area contributed by atoms with Gasteiger partial charge in [0, 0.05) is 20.1 Å². The molecule has 0 radical (unpaired) electrons. The van der Waals surface area contributed by atoms with Gasteiger partial charge in [0.1, 0.15) is 5.92 Å². The van der Waals surface area contributed by atoms with Gasteiger partial charge in [0.2, 0.25) is 0 Å². The summed E-state index contributed by atoms with van der Waals surface area (Å²) in [7, 11) is 3.17. The molecule has 19 heavy (non-hydrogen) atoms. The number of aliphatic carboxylic acids is 1. The Labute approximate surface area is 112 Å². The summed E-state index contributed by atoms with van der Waals surface area (Å²) in [4.78, 5) is 26.1. The third-order valence-electron chi connectivity index (χ3n) is 3.52. The van der Waals surface area contributed by atoms with Gasteiger partial charge in [-0.3, -0.25) is 4.79 Å². The number of likely N-dealkylation sites (N-methyl/N-ethyl adjacent to an activating group) is 1. The van der Waals surface area contributed by atoms with Gasteiger partial charge in [-0.15, -0.1) is 0 Å². The highest BCUT2D eigenvalue weighted by Gasteiger charge is 2.39. The van der Waals surface area contributed by atoms with Gasteiger partial charge in [0.05, 0.1) is 31.7 Å². The minimum absolute atomic E-state index is 0.120. The molecule has 1 fully saturated rings. The molecule has 7 nitrogen and oxygen atoms in total. The van der Waals surface area contributed by atoms with Crippen LogP contribution in [0.5, 0.6) is 0 Å². The van der Waals surface area contributed by atoms with E-state index in [2.05, 4.69) is 0 Å². The Morgan fingerprint density at radius 1 is 1.47 bits per heavy atom. The number of hydrogen-bond acceptors (Lipinski definition) is 4. The molecular weight excluding hydrogens is 250 g/mol. The van der Waals surface area contributed by atoms with Crippen molar-refractivity contribution in [1.29, 1.82) is 5.26 Å². The zero-order valence-electron chi connectivity index (χ0n) is 11.4. The minimum atomic E-state index is -0.963. The van der Waals surface area contributed by atoms with Gasteiger partial charge in [-0.1, -0.05) is 0 Å². The second kappa shape index (κ2) is 6.38. The fourth-order valence-corrected chi connectivity index (χ4v) is 2.01. The lowest BCUT2D eigenvalue weighted by molar-refractivity contribution is -0.142. The van der Waals surface area contributed by atoms with Gasteiger partial charge in [0.25, 0.3) is 0 Å². The number of carbonyl (C=O) groups is 2. The summed E-state index contributed by atoms with van der Waals surface area (Å²) in [6, 6.07) is 1.02. The van der Waals surface area contributed by atoms with Gasteiger partial charge < -0.3 is 19.6 Å². The number of carboxylic acid groups (broad SMARTS) is 1. The Balaban J connectivity index is 2.71. The van der Waals surface area contributed by atoms with Crippen LogP contribution < -0.4 is 0 Å². The minimum Gasteiger partial charge on any atom is -0.481 e. The Morgan fingerprint density at radius 3 is 2.63 bits per heavy atom. The van der Waals surface area contributed by atoms with Gasteiger partial charge in [-0.2, -0.15) is 5.26 Å². The molecule has 0 aromatic rings. The van der Waals surface area contributed by atoms with Crippen molar-refractivity contribution in [3.8, 4) is 6.07 Å². The lowest BCUT2D eigenvalue weighted by Crippen LogP contribution is -2.50. The molecule has 3 atom stereocenters. The summed E-state index contributed by atoms with van der Waals surface area (Å²) in [5.74, 6) is -1.66. The predicted octanol–water partition coefficient (Wildman–Crippen LogP) is 0.372. The molecule has 0 aliphatic carbocycles.